The van der Waals surface area contributed by atoms with Gasteiger partial charge in [0.1, 0.15) is 0 Å². The van der Waals surface area contributed by atoms with Crippen LogP contribution in [0.5, 0.6) is 0 Å². The number of thiophene rings is 1. The number of hydrogen-bond acceptors (Lipinski definition) is 4. The summed E-state index contributed by atoms with van der Waals surface area (Å²) in [5.41, 5.74) is 9.83. The van der Waals surface area contributed by atoms with E-state index < -0.39 is 0 Å². The van der Waals surface area contributed by atoms with Crippen molar-refractivity contribution < 1.29 is 0 Å². The molecule has 8 aromatic carbocycles. The molecule has 0 aliphatic heterocycles. The van der Waals surface area contributed by atoms with Gasteiger partial charge in [-0.25, -0.2) is 15.0 Å². The average Bonchev–Trinajstić information content (AvgIpc) is 3.63. The molecule has 0 fully saturated rings. The lowest BCUT2D eigenvalue weighted by Crippen LogP contribution is -2.01. The third kappa shape index (κ3) is 5.57. The van der Waals surface area contributed by atoms with Crippen molar-refractivity contribution in [2.24, 2.45) is 0 Å². The summed E-state index contributed by atoms with van der Waals surface area (Å²) in [6.07, 6.45) is 0. The van der Waals surface area contributed by atoms with Crippen molar-refractivity contribution in [2.75, 3.05) is 0 Å². The quantitative estimate of drug-likeness (QED) is 0.174. The third-order valence-corrected chi connectivity index (χ3v) is 11.2. The van der Waals surface area contributed by atoms with Crippen LogP contribution in [0.4, 0.5) is 0 Å². The van der Waals surface area contributed by atoms with Gasteiger partial charge in [0.05, 0.1) is 0 Å². The molecule has 53 heavy (non-hydrogen) atoms. The number of fused-ring (bicyclic) bond motifs is 4. The minimum Gasteiger partial charge on any atom is -0.208 e. The minimum atomic E-state index is 0.640. The van der Waals surface area contributed by atoms with E-state index in [4.69, 9.17) is 15.0 Å². The highest BCUT2D eigenvalue weighted by molar-refractivity contribution is 7.26. The summed E-state index contributed by atoms with van der Waals surface area (Å²) in [7, 11) is 0. The lowest BCUT2D eigenvalue weighted by molar-refractivity contribution is 1.08. The Balaban J connectivity index is 1.20. The van der Waals surface area contributed by atoms with Crippen LogP contribution in [0.1, 0.15) is 0 Å². The van der Waals surface area contributed by atoms with Crippen LogP contribution in [0, 0.1) is 0 Å². The fourth-order valence-electron chi connectivity index (χ4n) is 7.43. The van der Waals surface area contributed by atoms with Crippen LogP contribution in [0.2, 0.25) is 0 Å². The summed E-state index contributed by atoms with van der Waals surface area (Å²) in [6, 6.07) is 66.3. The second-order valence-corrected chi connectivity index (χ2v) is 14.2. The molecule has 0 unspecified atom stereocenters. The van der Waals surface area contributed by atoms with Crippen molar-refractivity contribution in [1.82, 2.24) is 15.0 Å². The number of aromatic nitrogens is 3. The van der Waals surface area contributed by atoms with E-state index in [9.17, 15) is 0 Å². The van der Waals surface area contributed by atoms with Crippen LogP contribution in [0.15, 0.2) is 188 Å². The zero-order valence-electron chi connectivity index (χ0n) is 28.6. The molecule has 0 aliphatic carbocycles. The molecule has 0 spiro atoms. The second kappa shape index (κ2) is 13.1. The average molecular weight is 694 g/mol. The Morgan fingerprint density at radius 3 is 1.64 bits per heavy atom. The van der Waals surface area contributed by atoms with E-state index in [1.807, 2.05) is 18.2 Å². The Bertz CT molecular complexity index is 2930. The van der Waals surface area contributed by atoms with E-state index in [2.05, 4.69) is 170 Å². The van der Waals surface area contributed by atoms with Gasteiger partial charge in [-0.2, -0.15) is 0 Å². The first-order valence-electron chi connectivity index (χ1n) is 17.8. The van der Waals surface area contributed by atoms with Gasteiger partial charge in [0.25, 0.3) is 0 Å². The van der Waals surface area contributed by atoms with Crippen molar-refractivity contribution >= 4 is 42.3 Å². The van der Waals surface area contributed by atoms with E-state index in [0.29, 0.717) is 17.5 Å². The monoisotopic (exact) mass is 693 g/mol. The lowest BCUT2D eigenvalue weighted by Gasteiger charge is -2.18. The molecule has 0 aliphatic rings. The summed E-state index contributed by atoms with van der Waals surface area (Å²) in [5.74, 6) is 1.95. The lowest BCUT2D eigenvalue weighted by atomic mass is 9.87. The van der Waals surface area contributed by atoms with Crippen molar-refractivity contribution in [2.45, 2.75) is 0 Å². The van der Waals surface area contributed by atoms with E-state index in [1.54, 1.807) is 11.3 Å². The molecule has 3 nitrogen and oxygen atoms in total. The van der Waals surface area contributed by atoms with Crippen LogP contribution >= 0.6 is 11.3 Å². The standard InChI is InChI=1S/C49H31N3S/c1-3-14-32(15-4-1)33-26-28-35(29-27-33)38-31-30-34-16-7-8-19-37(34)45(38)40-21-9-10-22-42(40)48-50-47(36-17-5-2-6-18-36)51-49(52-48)43-24-13-23-41-39-20-11-12-25-44(39)53-46(41)43/h1-31H. The highest BCUT2D eigenvalue weighted by Crippen LogP contribution is 2.44. The summed E-state index contributed by atoms with van der Waals surface area (Å²) in [5, 5.41) is 4.82. The molecule has 0 saturated heterocycles. The Hall–Kier alpha value is -6.75. The molecule has 10 aromatic rings. The minimum absolute atomic E-state index is 0.640. The highest BCUT2D eigenvalue weighted by atomic mass is 32.1. The van der Waals surface area contributed by atoms with Crippen LogP contribution in [0.3, 0.4) is 0 Å². The second-order valence-electron chi connectivity index (χ2n) is 13.2. The molecule has 0 atom stereocenters. The first-order valence-corrected chi connectivity index (χ1v) is 18.6. The number of hydrogen-bond donors (Lipinski definition) is 0. The van der Waals surface area contributed by atoms with Crippen molar-refractivity contribution in [1.29, 1.82) is 0 Å². The van der Waals surface area contributed by atoms with E-state index in [1.165, 1.54) is 42.1 Å². The van der Waals surface area contributed by atoms with Gasteiger partial charge >= 0.3 is 0 Å². The van der Waals surface area contributed by atoms with Crippen molar-refractivity contribution in [3.8, 4) is 67.5 Å². The van der Waals surface area contributed by atoms with Gasteiger partial charge < -0.3 is 0 Å². The van der Waals surface area contributed by atoms with Gasteiger partial charge in [0.2, 0.25) is 0 Å². The Morgan fingerprint density at radius 2 is 0.849 bits per heavy atom. The maximum absolute atomic E-state index is 5.32. The maximum Gasteiger partial charge on any atom is 0.165 e. The van der Waals surface area contributed by atoms with Crippen LogP contribution in [-0.2, 0) is 0 Å². The Kier molecular flexibility index (Phi) is 7.67. The van der Waals surface area contributed by atoms with Crippen molar-refractivity contribution in [3.05, 3.63) is 188 Å². The molecular weight excluding hydrogens is 663 g/mol. The third-order valence-electron chi connectivity index (χ3n) is 9.98. The topological polar surface area (TPSA) is 38.7 Å². The van der Waals surface area contributed by atoms with Gasteiger partial charge in [0, 0.05) is 36.9 Å². The first-order chi connectivity index (χ1) is 26.3. The molecule has 0 bridgehead atoms. The molecule has 0 amide bonds. The first kappa shape index (κ1) is 31.0. The van der Waals surface area contributed by atoms with E-state index >= 15 is 0 Å². The largest absolute Gasteiger partial charge is 0.208 e. The fraction of sp³-hybridized carbons (Fsp3) is 0. The van der Waals surface area contributed by atoms with Gasteiger partial charge in [0.15, 0.2) is 17.5 Å². The Labute approximate surface area is 311 Å². The summed E-state index contributed by atoms with van der Waals surface area (Å²) in [4.78, 5) is 15.7. The molecule has 0 N–H and O–H groups in total. The van der Waals surface area contributed by atoms with Crippen LogP contribution in [0.25, 0.3) is 98.5 Å². The van der Waals surface area contributed by atoms with Crippen LogP contribution < -0.4 is 0 Å². The fourth-order valence-corrected chi connectivity index (χ4v) is 8.64. The predicted octanol–water partition coefficient (Wildman–Crippen LogP) is 13.4. The normalized spacial score (nSPS) is 11.4. The summed E-state index contributed by atoms with van der Waals surface area (Å²) >= 11 is 1.79. The molecule has 0 saturated carbocycles. The van der Waals surface area contributed by atoms with Gasteiger partial charge in [-0.05, 0) is 56.3 Å². The highest BCUT2D eigenvalue weighted by Gasteiger charge is 2.21. The molecule has 0 radical (unpaired) electrons. The zero-order chi connectivity index (χ0) is 35.1. The molecule has 4 heteroatoms. The van der Waals surface area contributed by atoms with E-state index in [0.717, 1.165) is 38.9 Å². The van der Waals surface area contributed by atoms with Crippen LogP contribution in [-0.4, -0.2) is 15.0 Å². The van der Waals surface area contributed by atoms with E-state index in [-0.39, 0.29) is 0 Å². The maximum atomic E-state index is 5.32. The molecule has 2 aromatic heterocycles. The SMILES string of the molecule is c1ccc(-c2ccc(-c3ccc4ccccc4c3-c3ccccc3-c3nc(-c4ccccc4)nc(-c4cccc5c4sc4ccccc45)n3)cc2)cc1. The van der Waals surface area contributed by atoms with Crippen molar-refractivity contribution in [3.63, 3.8) is 0 Å². The Morgan fingerprint density at radius 1 is 0.302 bits per heavy atom. The smallest absolute Gasteiger partial charge is 0.165 e. The molecule has 10 rings (SSSR count). The van der Waals surface area contributed by atoms with Gasteiger partial charge in [-0.15, -0.1) is 11.3 Å². The summed E-state index contributed by atoms with van der Waals surface area (Å²) < 4.78 is 2.42. The number of nitrogens with zero attached hydrogens (tertiary/aromatic N) is 3. The summed E-state index contributed by atoms with van der Waals surface area (Å²) in [6.45, 7) is 0. The zero-order valence-corrected chi connectivity index (χ0v) is 29.5. The van der Waals surface area contributed by atoms with Gasteiger partial charge in [-0.3, -0.25) is 0 Å². The van der Waals surface area contributed by atoms with Gasteiger partial charge in [-0.1, -0.05) is 176 Å². The number of benzene rings is 8. The molecular formula is C49H31N3S. The molecule has 2 heterocycles. The number of rotatable bonds is 6. The molecule has 248 valence electrons. The predicted molar refractivity (Wildman–Crippen MR) is 223 cm³/mol.